The van der Waals surface area contributed by atoms with Crippen LogP contribution < -0.4 is 16.0 Å². The second-order valence-corrected chi connectivity index (χ2v) is 4.97. The number of anilines is 3. The van der Waals surface area contributed by atoms with Gasteiger partial charge in [0.05, 0.1) is 0 Å². The van der Waals surface area contributed by atoms with Crippen LogP contribution in [0.1, 0.15) is 24.2 Å². The SMILES string of the molecule is CC(=O)Nc1ccc(NC(=O)c2cccc(NC(C)=O)c2)cc1. The Morgan fingerprint density at radius 3 is 1.78 bits per heavy atom. The minimum Gasteiger partial charge on any atom is -0.326 e. The maximum atomic E-state index is 12.2. The van der Waals surface area contributed by atoms with Crippen LogP contribution in [0.25, 0.3) is 0 Å². The normalized spacial score (nSPS) is 9.83. The van der Waals surface area contributed by atoms with Crippen LogP contribution in [0.15, 0.2) is 48.5 Å². The number of benzene rings is 2. The molecule has 3 N–H and O–H groups in total. The Balaban J connectivity index is 2.06. The van der Waals surface area contributed by atoms with Crippen molar-refractivity contribution >= 4 is 34.8 Å². The molecule has 0 heterocycles. The Morgan fingerprint density at radius 1 is 0.696 bits per heavy atom. The lowest BCUT2D eigenvalue weighted by molar-refractivity contribution is -0.115. The van der Waals surface area contributed by atoms with Gasteiger partial charge >= 0.3 is 0 Å². The van der Waals surface area contributed by atoms with Gasteiger partial charge in [-0.2, -0.15) is 0 Å². The summed E-state index contributed by atoms with van der Waals surface area (Å²) in [6.45, 7) is 2.83. The topological polar surface area (TPSA) is 87.3 Å². The summed E-state index contributed by atoms with van der Waals surface area (Å²) in [7, 11) is 0. The van der Waals surface area contributed by atoms with Gasteiger partial charge in [-0.05, 0) is 42.5 Å². The lowest BCUT2D eigenvalue weighted by Gasteiger charge is -2.08. The van der Waals surface area contributed by atoms with Crippen molar-refractivity contribution < 1.29 is 14.4 Å². The lowest BCUT2D eigenvalue weighted by atomic mass is 10.1. The van der Waals surface area contributed by atoms with Crippen molar-refractivity contribution in [3.63, 3.8) is 0 Å². The van der Waals surface area contributed by atoms with E-state index in [0.717, 1.165) is 0 Å². The number of hydrogen-bond acceptors (Lipinski definition) is 3. The van der Waals surface area contributed by atoms with Crippen LogP contribution in [0.5, 0.6) is 0 Å². The predicted octanol–water partition coefficient (Wildman–Crippen LogP) is 2.86. The van der Waals surface area contributed by atoms with E-state index in [0.29, 0.717) is 22.6 Å². The van der Waals surface area contributed by atoms with Gasteiger partial charge in [0, 0.05) is 36.5 Å². The number of hydrogen-bond donors (Lipinski definition) is 3. The van der Waals surface area contributed by atoms with Gasteiger partial charge in [0.2, 0.25) is 11.8 Å². The summed E-state index contributed by atoms with van der Waals surface area (Å²) in [6, 6.07) is 13.5. The third kappa shape index (κ3) is 4.96. The van der Waals surface area contributed by atoms with E-state index in [1.165, 1.54) is 13.8 Å². The molecule has 0 aliphatic rings. The molecule has 0 radical (unpaired) electrons. The Hall–Kier alpha value is -3.15. The molecule has 0 aliphatic carbocycles. The van der Waals surface area contributed by atoms with Crippen LogP contribution in [-0.2, 0) is 9.59 Å². The first kappa shape index (κ1) is 16.2. The van der Waals surface area contributed by atoms with Crippen LogP contribution in [0.2, 0.25) is 0 Å². The number of amides is 3. The Bertz CT molecular complexity index is 739. The molecule has 0 aliphatic heterocycles. The van der Waals surface area contributed by atoms with Gasteiger partial charge in [-0.3, -0.25) is 14.4 Å². The minimum atomic E-state index is -0.288. The average Bonchev–Trinajstić information content (AvgIpc) is 2.48. The van der Waals surface area contributed by atoms with Crippen molar-refractivity contribution in [1.82, 2.24) is 0 Å². The zero-order valence-electron chi connectivity index (χ0n) is 12.8. The molecule has 0 saturated heterocycles. The molecule has 6 heteroatoms. The number of nitrogens with one attached hydrogen (secondary N) is 3. The predicted molar refractivity (Wildman–Crippen MR) is 89.4 cm³/mol. The van der Waals surface area contributed by atoms with Crippen molar-refractivity contribution in [3.05, 3.63) is 54.1 Å². The van der Waals surface area contributed by atoms with Gasteiger partial charge in [-0.1, -0.05) is 6.07 Å². The van der Waals surface area contributed by atoms with Crippen LogP contribution >= 0.6 is 0 Å². The van der Waals surface area contributed by atoms with E-state index in [9.17, 15) is 14.4 Å². The van der Waals surface area contributed by atoms with Gasteiger partial charge in [0.15, 0.2) is 0 Å². The Labute approximate surface area is 133 Å². The summed E-state index contributed by atoms with van der Waals surface area (Å²) < 4.78 is 0. The van der Waals surface area contributed by atoms with Crippen molar-refractivity contribution in [2.24, 2.45) is 0 Å². The molecular weight excluding hydrogens is 294 g/mol. The van der Waals surface area contributed by atoms with E-state index in [4.69, 9.17) is 0 Å². The van der Waals surface area contributed by atoms with E-state index in [1.54, 1.807) is 48.5 Å². The molecule has 0 unspecified atom stereocenters. The zero-order chi connectivity index (χ0) is 16.8. The van der Waals surface area contributed by atoms with Crippen LogP contribution in [0.4, 0.5) is 17.1 Å². The van der Waals surface area contributed by atoms with Gasteiger partial charge < -0.3 is 16.0 Å². The summed E-state index contributed by atoms with van der Waals surface area (Å²) in [5, 5.41) is 8.04. The lowest BCUT2D eigenvalue weighted by Crippen LogP contribution is -2.13. The summed E-state index contributed by atoms with van der Waals surface area (Å²) in [5.74, 6) is -0.642. The van der Waals surface area contributed by atoms with Gasteiger partial charge in [-0.15, -0.1) is 0 Å². The quantitative estimate of drug-likeness (QED) is 0.811. The third-order valence-corrected chi connectivity index (χ3v) is 2.91. The molecule has 0 saturated carbocycles. The molecule has 0 bridgehead atoms. The van der Waals surface area contributed by atoms with Crippen molar-refractivity contribution in [2.45, 2.75) is 13.8 Å². The fraction of sp³-hybridized carbons (Fsp3) is 0.118. The standard InChI is InChI=1S/C17H17N3O3/c1-11(21)18-14-6-8-15(9-7-14)20-17(23)13-4-3-5-16(10-13)19-12(2)22/h3-10H,1-2H3,(H,18,21)(H,19,22)(H,20,23). The van der Waals surface area contributed by atoms with Gasteiger partial charge in [0.25, 0.3) is 5.91 Å². The van der Waals surface area contributed by atoms with E-state index < -0.39 is 0 Å². The fourth-order valence-electron chi connectivity index (χ4n) is 1.98. The second kappa shape index (κ2) is 7.22. The van der Waals surface area contributed by atoms with E-state index in [2.05, 4.69) is 16.0 Å². The average molecular weight is 311 g/mol. The fourth-order valence-corrected chi connectivity index (χ4v) is 1.98. The summed E-state index contributed by atoms with van der Waals surface area (Å²) in [5.41, 5.74) is 2.26. The highest BCUT2D eigenvalue weighted by molar-refractivity contribution is 6.05. The second-order valence-electron chi connectivity index (χ2n) is 4.97. The monoisotopic (exact) mass is 311 g/mol. The molecule has 0 atom stereocenters. The molecule has 0 spiro atoms. The minimum absolute atomic E-state index is 0.156. The Kier molecular flexibility index (Phi) is 5.09. The van der Waals surface area contributed by atoms with Crippen LogP contribution in [-0.4, -0.2) is 17.7 Å². The number of rotatable bonds is 4. The first-order chi connectivity index (χ1) is 10.9. The van der Waals surface area contributed by atoms with E-state index >= 15 is 0 Å². The van der Waals surface area contributed by atoms with Crippen molar-refractivity contribution in [2.75, 3.05) is 16.0 Å². The van der Waals surface area contributed by atoms with Crippen molar-refractivity contribution in [1.29, 1.82) is 0 Å². The molecule has 23 heavy (non-hydrogen) atoms. The van der Waals surface area contributed by atoms with Crippen LogP contribution in [0.3, 0.4) is 0 Å². The third-order valence-electron chi connectivity index (χ3n) is 2.91. The van der Waals surface area contributed by atoms with E-state index in [1.807, 2.05) is 0 Å². The smallest absolute Gasteiger partial charge is 0.255 e. The summed E-state index contributed by atoms with van der Waals surface area (Å²) in [6.07, 6.45) is 0. The number of carbonyl (C=O) groups excluding carboxylic acids is 3. The van der Waals surface area contributed by atoms with E-state index in [-0.39, 0.29) is 17.7 Å². The molecule has 2 aromatic rings. The molecular formula is C17H17N3O3. The maximum absolute atomic E-state index is 12.2. The Morgan fingerprint density at radius 2 is 1.22 bits per heavy atom. The molecule has 0 fully saturated rings. The maximum Gasteiger partial charge on any atom is 0.255 e. The molecule has 0 aromatic heterocycles. The molecule has 6 nitrogen and oxygen atoms in total. The van der Waals surface area contributed by atoms with Crippen LogP contribution in [0, 0.1) is 0 Å². The number of carbonyl (C=O) groups is 3. The first-order valence-electron chi connectivity index (χ1n) is 7.01. The molecule has 2 aromatic carbocycles. The highest BCUT2D eigenvalue weighted by atomic mass is 16.2. The zero-order valence-corrected chi connectivity index (χ0v) is 12.8. The highest BCUT2D eigenvalue weighted by Gasteiger charge is 2.07. The molecule has 3 amide bonds. The highest BCUT2D eigenvalue weighted by Crippen LogP contribution is 2.16. The van der Waals surface area contributed by atoms with Gasteiger partial charge in [-0.25, -0.2) is 0 Å². The largest absolute Gasteiger partial charge is 0.326 e. The summed E-state index contributed by atoms with van der Waals surface area (Å²) >= 11 is 0. The summed E-state index contributed by atoms with van der Waals surface area (Å²) in [4.78, 5) is 34.2. The molecule has 2 rings (SSSR count). The first-order valence-corrected chi connectivity index (χ1v) is 7.01. The van der Waals surface area contributed by atoms with Gasteiger partial charge in [0.1, 0.15) is 0 Å². The molecule has 118 valence electrons. The van der Waals surface area contributed by atoms with Crippen molar-refractivity contribution in [3.8, 4) is 0 Å².